The van der Waals surface area contributed by atoms with E-state index in [0.29, 0.717) is 36.5 Å². The second-order valence-electron chi connectivity index (χ2n) is 7.99. The highest BCUT2D eigenvalue weighted by atomic mass is 16.5. The van der Waals surface area contributed by atoms with E-state index in [4.69, 9.17) is 4.52 Å². The highest BCUT2D eigenvalue weighted by molar-refractivity contribution is 5.92. The Kier molecular flexibility index (Phi) is 6.67. The normalized spacial score (nSPS) is 23.5. The largest absolute Gasteiger partial charge is 0.393 e. The van der Waals surface area contributed by atoms with Crippen molar-refractivity contribution in [3.63, 3.8) is 0 Å². The smallest absolute Gasteiger partial charge is 0.273 e. The van der Waals surface area contributed by atoms with Crippen molar-refractivity contribution in [3.05, 3.63) is 17.5 Å². The maximum Gasteiger partial charge on any atom is 0.273 e. The molecule has 0 bridgehead atoms. The molecule has 2 N–H and O–H groups in total. The van der Waals surface area contributed by atoms with E-state index in [1.165, 1.54) is 6.42 Å². The second-order valence-corrected chi connectivity index (χ2v) is 7.99. The summed E-state index contributed by atoms with van der Waals surface area (Å²) in [4.78, 5) is 17.1. The van der Waals surface area contributed by atoms with Crippen molar-refractivity contribution in [3.8, 4) is 0 Å². The van der Waals surface area contributed by atoms with E-state index in [0.717, 1.165) is 45.4 Å². The van der Waals surface area contributed by atoms with Gasteiger partial charge >= 0.3 is 0 Å². The summed E-state index contributed by atoms with van der Waals surface area (Å²) >= 11 is 0. The van der Waals surface area contributed by atoms with Crippen LogP contribution in [-0.2, 0) is 6.54 Å². The monoisotopic (exact) mass is 364 g/mol. The molecular weight excluding hydrogens is 332 g/mol. The van der Waals surface area contributed by atoms with Crippen LogP contribution in [0.15, 0.2) is 10.6 Å². The predicted octanol–water partition coefficient (Wildman–Crippen LogP) is 1.48. The molecule has 1 unspecified atom stereocenters. The molecule has 0 saturated carbocycles. The van der Waals surface area contributed by atoms with Crippen molar-refractivity contribution < 1.29 is 14.4 Å². The molecule has 0 aliphatic carbocycles. The Bertz CT molecular complexity index is 581. The highest BCUT2D eigenvalue weighted by Gasteiger charge is 2.23. The molecule has 3 rings (SSSR count). The Morgan fingerprint density at radius 3 is 2.85 bits per heavy atom. The van der Waals surface area contributed by atoms with Crippen LogP contribution >= 0.6 is 0 Å². The molecule has 146 valence electrons. The average Bonchev–Trinajstić information content (AvgIpc) is 3.10. The van der Waals surface area contributed by atoms with Crippen LogP contribution in [0.2, 0.25) is 0 Å². The van der Waals surface area contributed by atoms with Crippen molar-refractivity contribution >= 4 is 5.91 Å². The van der Waals surface area contributed by atoms with E-state index in [9.17, 15) is 9.90 Å². The minimum absolute atomic E-state index is 0.157. The fourth-order valence-corrected chi connectivity index (χ4v) is 3.85. The summed E-state index contributed by atoms with van der Waals surface area (Å²) in [5.74, 6) is 1.05. The summed E-state index contributed by atoms with van der Waals surface area (Å²) in [5, 5.41) is 16.5. The van der Waals surface area contributed by atoms with Crippen LogP contribution in [0.1, 0.15) is 55.8 Å². The third-order valence-corrected chi connectivity index (χ3v) is 5.56. The number of hydrogen-bond donors (Lipinski definition) is 2. The van der Waals surface area contributed by atoms with E-state index < -0.39 is 0 Å². The van der Waals surface area contributed by atoms with Crippen LogP contribution in [0.25, 0.3) is 0 Å². The molecule has 2 saturated heterocycles. The standard InChI is InChI=1S/C19H32N4O3/c1-14(2)23-7-3-4-15(12-23)11-20-19(25)18-10-17(26-21-18)13-22-8-5-16(24)6-9-22/h10,14-16,24H,3-9,11-13H2,1-2H3,(H,20,25). The molecule has 1 atom stereocenters. The number of nitrogens with one attached hydrogen (secondary N) is 1. The lowest BCUT2D eigenvalue weighted by Gasteiger charge is -2.35. The molecule has 3 heterocycles. The zero-order chi connectivity index (χ0) is 18.5. The molecule has 1 aromatic heterocycles. The Labute approximate surface area is 155 Å². The molecule has 2 aliphatic rings. The number of piperidine rings is 2. The highest BCUT2D eigenvalue weighted by Crippen LogP contribution is 2.18. The summed E-state index contributed by atoms with van der Waals surface area (Å²) in [7, 11) is 0. The number of rotatable bonds is 6. The van der Waals surface area contributed by atoms with Crippen LogP contribution in [0.5, 0.6) is 0 Å². The fourth-order valence-electron chi connectivity index (χ4n) is 3.85. The first-order valence-electron chi connectivity index (χ1n) is 9.89. The number of amides is 1. The van der Waals surface area contributed by atoms with E-state index in [1.807, 2.05) is 0 Å². The molecule has 1 aromatic rings. The minimum atomic E-state index is -0.186. The van der Waals surface area contributed by atoms with Gasteiger partial charge in [-0.1, -0.05) is 5.16 Å². The number of hydrogen-bond acceptors (Lipinski definition) is 6. The van der Waals surface area contributed by atoms with Gasteiger partial charge in [0, 0.05) is 38.3 Å². The lowest BCUT2D eigenvalue weighted by molar-refractivity contribution is 0.0748. The Morgan fingerprint density at radius 1 is 1.35 bits per heavy atom. The van der Waals surface area contributed by atoms with Gasteiger partial charge in [-0.15, -0.1) is 0 Å². The fraction of sp³-hybridized carbons (Fsp3) is 0.789. The van der Waals surface area contributed by atoms with E-state index in [2.05, 4.69) is 34.1 Å². The molecule has 1 amide bonds. The van der Waals surface area contributed by atoms with E-state index in [1.54, 1.807) is 6.07 Å². The van der Waals surface area contributed by atoms with Gasteiger partial charge in [-0.3, -0.25) is 9.69 Å². The van der Waals surface area contributed by atoms with Crippen LogP contribution in [0, 0.1) is 5.92 Å². The van der Waals surface area contributed by atoms with Gasteiger partial charge in [0.1, 0.15) is 0 Å². The van der Waals surface area contributed by atoms with Crippen LogP contribution in [0.4, 0.5) is 0 Å². The maximum absolute atomic E-state index is 12.4. The van der Waals surface area contributed by atoms with E-state index >= 15 is 0 Å². The number of carbonyl (C=O) groups excluding carboxylic acids is 1. The summed E-state index contributed by atoms with van der Waals surface area (Å²) in [6.45, 7) is 9.66. The Hall–Kier alpha value is -1.44. The zero-order valence-electron chi connectivity index (χ0n) is 16.0. The first-order valence-corrected chi connectivity index (χ1v) is 9.89. The molecular formula is C19H32N4O3. The van der Waals surface area contributed by atoms with Crippen molar-refractivity contribution in [1.82, 2.24) is 20.3 Å². The number of aliphatic hydroxyl groups excluding tert-OH is 1. The van der Waals surface area contributed by atoms with Gasteiger partial charge < -0.3 is 19.8 Å². The second kappa shape index (κ2) is 8.97. The third kappa shape index (κ3) is 5.28. The van der Waals surface area contributed by atoms with Gasteiger partial charge in [0.2, 0.25) is 0 Å². The Morgan fingerprint density at radius 2 is 2.12 bits per heavy atom. The molecule has 2 fully saturated rings. The number of aromatic nitrogens is 1. The minimum Gasteiger partial charge on any atom is -0.393 e. The van der Waals surface area contributed by atoms with Gasteiger partial charge in [0.15, 0.2) is 11.5 Å². The van der Waals surface area contributed by atoms with Crippen molar-refractivity contribution in [2.45, 2.75) is 58.2 Å². The molecule has 0 spiro atoms. The number of carbonyl (C=O) groups is 1. The van der Waals surface area contributed by atoms with Gasteiger partial charge in [0.05, 0.1) is 12.6 Å². The SMILES string of the molecule is CC(C)N1CCCC(CNC(=O)c2cc(CN3CCC(O)CC3)on2)C1. The molecule has 7 nitrogen and oxygen atoms in total. The first-order chi connectivity index (χ1) is 12.5. The lowest BCUT2D eigenvalue weighted by atomic mass is 9.97. The van der Waals surface area contributed by atoms with Crippen LogP contribution in [0.3, 0.4) is 0 Å². The topological polar surface area (TPSA) is 81.8 Å². The van der Waals surface area contributed by atoms with Gasteiger partial charge in [-0.25, -0.2) is 0 Å². The van der Waals surface area contributed by atoms with Crippen LogP contribution in [-0.4, -0.2) is 70.8 Å². The number of nitrogens with zero attached hydrogens (tertiary/aromatic N) is 3. The predicted molar refractivity (Wildman–Crippen MR) is 98.8 cm³/mol. The Balaban J connectivity index is 1.44. The quantitative estimate of drug-likeness (QED) is 0.796. The average molecular weight is 364 g/mol. The van der Waals surface area contributed by atoms with Gasteiger partial charge in [0.25, 0.3) is 5.91 Å². The maximum atomic E-state index is 12.4. The van der Waals surface area contributed by atoms with Crippen molar-refractivity contribution in [2.24, 2.45) is 5.92 Å². The summed E-state index contributed by atoms with van der Waals surface area (Å²) in [5.41, 5.74) is 0.355. The summed E-state index contributed by atoms with van der Waals surface area (Å²) < 4.78 is 5.33. The van der Waals surface area contributed by atoms with Gasteiger partial charge in [-0.05, 0) is 52.0 Å². The van der Waals surface area contributed by atoms with Gasteiger partial charge in [-0.2, -0.15) is 0 Å². The van der Waals surface area contributed by atoms with E-state index in [-0.39, 0.29) is 12.0 Å². The first kappa shape index (κ1) is 19.3. The van der Waals surface area contributed by atoms with Crippen molar-refractivity contribution in [1.29, 1.82) is 0 Å². The summed E-state index contributed by atoms with van der Waals surface area (Å²) in [6, 6.07) is 2.30. The molecule has 7 heteroatoms. The zero-order valence-corrected chi connectivity index (χ0v) is 16.0. The summed E-state index contributed by atoms with van der Waals surface area (Å²) in [6.07, 6.45) is 3.74. The molecule has 0 radical (unpaired) electrons. The van der Waals surface area contributed by atoms with Crippen molar-refractivity contribution in [2.75, 3.05) is 32.7 Å². The molecule has 26 heavy (non-hydrogen) atoms. The molecule has 0 aromatic carbocycles. The molecule has 2 aliphatic heterocycles. The number of aliphatic hydroxyl groups is 1. The third-order valence-electron chi connectivity index (χ3n) is 5.56. The number of likely N-dealkylation sites (tertiary alicyclic amines) is 2. The lowest BCUT2D eigenvalue weighted by Crippen LogP contribution is -2.43. The van der Waals surface area contributed by atoms with Crippen LogP contribution < -0.4 is 5.32 Å².